The van der Waals surface area contributed by atoms with E-state index in [2.05, 4.69) is 0 Å². The molecular weight excluding hydrogens is 246 g/mol. The van der Waals surface area contributed by atoms with Gasteiger partial charge >= 0.3 is 0 Å². The van der Waals surface area contributed by atoms with E-state index in [0.29, 0.717) is 12.2 Å². The molecule has 0 N–H and O–H groups in total. The summed E-state index contributed by atoms with van der Waals surface area (Å²) in [5.41, 5.74) is 1.05. The lowest BCUT2D eigenvalue weighted by Crippen LogP contribution is -2.26. The first-order chi connectivity index (χ1) is 9.31. The summed E-state index contributed by atoms with van der Waals surface area (Å²) in [7, 11) is 1.57. The second-order valence-electron chi connectivity index (χ2n) is 4.36. The van der Waals surface area contributed by atoms with Gasteiger partial charge in [-0.05, 0) is 30.2 Å². The van der Waals surface area contributed by atoms with Crippen molar-refractivity contribution in [2.24, 2.45) is 0 Å². The molecule has 5 heteroatoms. The summed E-state index contributed by atoms with van der Waals surface area (Å²) >= 11 is 0. The zero-order valence-electron chi connectivity index (χ0n) is 10.5. The number of ether oxygens (including phenoxy) is 4. The second-order valence-corrected chi connectivity index (χ2v) is 4.36. The lowest BCUT2D eigenvalue weighted by molar-refractivity contribution is -0.113. The van der Waals surface area contributed by atoms with E-state index in [-0.39, 0.29) is 12.7 Å². The van der Waals surface area contributed by atoms with Crippen LogP contribution in [0.3, 0.4) is 0 Å². The predicted molar refractivity (Wildman–Crippen MR) is 65.5 cm³/mol. The zero-order chi connectivity index (χ0) is 13.2. The van der Waals surface area contributed by atoms with Crippen LogP contribution in [0.15, 0.2) is 30.0 Å². The van der Waals surface area contributed by atoms with Gasteiger partial charge in [0.2, 0.25) is 13.1 Å². The number of rotatable bonds is 2. The molecule has 0 radical (unpaired) electrons. The van der Waals surface area contributed by atoms with Crippen LogP contribution in [0.5, 0.6) is 11.5 Å². The first-order valence-corrected chi connectivity index (χ1v) is 6.01. The molecule has 3 rings (SSSR count). The highest BCUT2D eigenvalue weighted by atomic mass is 16.7. The topological polar surface area (TPSA) is 60.7 Å². The molecule has 0 aliphatic carbocycles. The molecule has 0 amide bonds. The number of nitriles is 1. The minimum atomic E-state index is -0.458. The minimum absolute atomic E-state index is 0.0385. The van der Waals surface area contributed by atoms with Crippen LogP contribution in [0.2, 0.25) is 0 Å². The van der Waals surface area contributed by atoms with Gasteiger partial charge in [0.25, 0.3) is 0 Å². The van der Waals surface area contributed by atoms with E-state index in [0.717, 1.165) is 17.1 Å². The highest BCUT2D eigenvalue weighted by molar-refractivity contribution is 5.46. The third-order valence-corrected chi connectivity index (χ3v) is 3.30. The Kier molecular flexibility index (Phi) is 3.02. The number of fused-ring (bicyclic) bond motifs is 1. The molecule has 0 aromatic heterocycles. The highest BCUT2D eigenvalue weighted by Gasteiger charge is 2.30. The van der Waals surface area contributed by atoms with Crippen molar-refractivity contribution < 1.29 is 18.9 Å². The summed E-state index contributed by atoms with van der Waals surface area (Å²) in [5.74, 6) is 1.84. The SMILES string of the molecule is CO[C@@H]1OC(C#N)=CC[C@@H]1c1ccc2c(c1)OCO2. The quantitative estimate of drug-likeness (QED) is 0.815. The Hall–Kier alpha value is -2.19. The molecule has 5 nitrogen and oxygen atoms in total. The molecule has 0 spiro atoms. The molecule has 2 aliphatic rings. The highest BCUT2D eigenvalue weighted by Crippen LogP contribution is 2.38. The van der Waals surface area contributed by atoms with Crippen molar-refractivity contribution in [3.8, 4) is 17.6 Å². The van der Waals surface area contributed by atoms with Gasteiger partial charge in [0.15, 0.2) is 17.3 Å². The Morgan fingerprint density at radius 3 is 2.95 bits per heavy atom. The number of allylic oxidation sites excluding steroid dienone is 2. The van der Waals surface area contributed by atoms with E-state index >= 15 is 0 Å². The Balaban J connectivity index is 1.89. The van der Waals surface area contributed by atoms with Crippen molar-refractivity contribution in [3.63, 3.8) is 0 Å². The molecule has 2 atom stereocenters. The molecule has 0 fully saturated rings. The average Bonchev–Trinajstić information content (AvgIpc) is 2.93. The van der Waals surface area contributed by atoms with Crippen LogP contribution in [0.25, 0.3) is 0 Å². The second kappa shape index (κ2) is 4.82. The summed E-state index contributed by atoms with van der Waals surface area (Å²) in [4.78, 5) is 0. The zero-order valence-corrected chi connectivity index (χ0v) is 10.5. The van der Waals surface area contributed by atoms with Gasteiger partial charge in [-0.3, -0.25) is 0 Å². The van der Waals surface area contributed by atoms with E-state index in [1.807, 2.05) is 24.3 Å². The van der Waals surface area contributed by atoms with E-state index in [9.17, 15) is 0 Å². The number of nitrogens with zero attached hydrogens (tertiary/aromatic N) is 1. The maximum Gasteiger partial charge on any atom is 0.231 e. The smallest absolute Gasteiger partial charge is 0.231 e. The molecule has 2 aliphatic heterocycles. The third-order valence-electron chi connectivity index (χ3n) is 3.30. The monoisotopic (exact) mass is 259 g/mol. The van der Waals surface area contributed by atoms with Crippen molar-refractivity contribution in [2.75, 3.05) is 13.9 Å². The van der Waals surface area contributed by atoms with E-state index in [4.69, 9.17) is 24.2 Å². The molecule has 0 saturated carbocycles. The van der Waals surface area contributed by atoms with Gasteiger partial charge in [-0.1, -0.05) is 6.07 Å². The standard InChI is InChI=1S/C14H13NO4/c1-16-14-11(4-3-10(7-15)19-14)9-2-5-12-13(6-9)18-8-17-12/h2-3,5-6,11,14H,4,8H2,1H3/t11-,14-/m1/s1. The Morgan fingerprint density at radius 2 is 2.16 bits per heavy atom. The third kappa shape index (κ3) is 2.11. The Labute approximate surface area is 110 Å². The first-order valence-electron chi connectivity index (χ1n) is 6.01. The maximum absolute atomic E-state index is 8.85. The average molecular weight is 259 g/mol. The van der Waals surface area contributed by atoms with Crippen molar-refractivity contribution in [3.05, 3.63) is 35.6 Å². The summed E-state index contributed by atoms with van der Waals surface area (Å²) in [6, 6.07) is 7.79. The molecule has 2 heterocycles. The molecule has 0 bridgehead atoms. The van der Waals surface area contributed by atoms with Crippen LogP contribution in [-0.2, 0) is 9.47 Å². The normalized spacial score (nSPS) is 24.3. The largest absolute Gasteiger partial charge is 0.454 e. The van der Waals surface area contributed by atoms with Gasteiger partial charge in [0.1, 0.15) is 6.07 Å². The lowest BCUT2D eigenvalue weighted by Gasteiger charge is -2.29. The fourth-order valence-corrected chi connectivity index (χ4v) is 2.32. The van der Waals surface area contributed by atoms with Gasteiger partial charge in [-0.25, -0.2) is 0 Å². The van der Waals surface area contributed by atoms with Gasteiger partial charge < -0.3 is 18.9 Å². The number of hydrogen-bond donors (Lipinski definition) is 0. The van der Waals surface area contributed by atoms with Gasteiger partial charge in [0.05, 0.1) is 5.92 Å². The summed E-state index contributed by atoms with van der Waals surface area (Å²) in [6.45, 7) is 0.256. The fraction of sp³-hybridized carbons (Fsp3) is 0.357. The van der Waals surface area contributed by atoms with Crippen molar-refractivity contribution >= 4 is 0 Å². The van der Waals surface area contributed by atoms with Crippen LogP contribution in [0, 0.1) is 11.3 Å². The van der Waals surface area contributed by atoms with Crippen LogP contribution in [0.1, 0.15) is 17.9 Å². The summed E-state index contributed by atoms with van der Waals surface area (Å²) < 4.78 is 21.5. The van der Waals surface area contributed by atoms with Crippen molar-refractivity contribution in [2.45, 2.75) is 18.6 Å². The molecule has 0 saturated heterocycles. The Bertz CT molecular complexity index is 561. The van der Waals surface area contributed by atoms with Crippen LogP contribution in [0.4, 0.5) is 0 Å². The minimum Gasteiger partial charge on any atom is -0.454 e. The number of benzene rings is 1. The van der Waals surface area contributed by atoms with E-state index in [1.165, 1.54) is 0 Å². The number of hydrogen-bond acceptors (Lipinski definition) is 5. The van der Waals surface area contributed by atoms with Gasteiger partial charge in [0, 0.05) is 7.11 Å². The number of methoxy groups -OCH3 is 1. The Morgan fingerprint density at radius 1 is 1.32 bits per heavy atom. The fourth-order valence-electron chi connectivity index (χ4n) is 2.32. The van der Waals surface area contributed by atoms with Crippen LogP contribution in [-0.4, -0.2) is 20.2 Å². The molecule has 98 valence electrons. The van der Waals surface area contributed by atoms with Crippen LogP contribution < -0.4 is 9.47 Å². The molecule has 1 aromatic carbocycles. The molecule has 19 heavy (non-hydrogen) atoms. The maximum atomic E-state index is 8.85. The van der Waals surface area contributed by atoms with Gasteiger partial charge in [-0.2, -0.15) is 5.26 Å². The molecule has 0 unspecified atom stereocenters. The van der Waals surface area contributed by atoms with Crippen molar-refractivity contribution in [1.29, 1.82) is 5.26 Å². The van der Waals surface area contributed by atoms with Crippen molar-refractivity contribution in [1.82, 2.24) is 0 Å². The molecule has 1 aromatic rings. The first kappa shape index (κ1) is 11.9. The lowest BCUT2D eigenvalue weighted by atomic mass is 9.93. The van der Waals surface area contributed by atoms with Crippen LogP contribution >= 0.6 is 0 Å². The van der Waals surface area contributed by atoms with E-state index in [1.54, 1.807) is 13.2 Å². The van der Waals surface area contributed by atoms with Gasteiger partial charge in [-0.15, -0.1) is 0 Å². The van der Waals surface area contributed by atoms with E-state index < -0.39 is 6.29 Å². The summed E-state index contributed by atoms with van der Waals surface area (Å²) in [6.07, 6.45) is 2.02. The summed E-state index contributed by atoms with van der Waals surface area (Å²) in [5, 5.41) is 8.85. The molecular formula is C14H13NO4. The predicted octanol–water partition coefficient (Wildman–Crippen LogP) is 2.30.